The minimum atomic E-state index is -0.198. The summed E-state index contributed by atoms with van der Waals surface area (Å²) in [6.45, 7) is 5.09. The third-order valence-electron chi connectivity index (χ3n) is 6.94. The van der Waals surface area contributed by atoms with Crippen molar-refractivity contribution in [1.29, 1.82) is 0 Å². The molecule has 4 fully saturated rings. The summed E-state index contributed by atoms with van der Waals surface area (Å²) in [6, 6.07) is 12.4. The summed E-state index contributed by atoms with van der Waals surface area (Å²) in [5.41, 5.74) is 2.74. The Bertz CT molecular complexity index is 959. The van der Waals surface area contributed by atoms with Crippen LogP contribution in [0.15, 0.2) is 41.2 Å². The molecule has 2 aromatic rings. The van der Waals surface area contributed by atoms with Crippen LogP contribution in [0.4, 0.5) is 0 Å². The van der Waals surface area contributed by atoms with Crippen LogP contribution in [0.3, 0.4) is 0 Å². The predicted octanol–water partition coefficient (Wildman–Crippen LogP) is 1.79. The molecule has 6 rings (SSSR count). The largest absolute Gasteiger partial charge is 0.332 e. The first-order chi connectivity index (χ1) is 13.5. The Morgan fingerprint density at radius 1 is 1.04 bits per heavy atom. The summed E-state index contributed by atoms with van der Waals surface area (Å²) in [4.78, 5) is 29.7. The zero-order chi connectivity index (χ0) is 19.4. The number of carbonyl (C=O) groups is 1. The number of aryl methyl sites for hydroxylation is 2. The van der Waals surface area contributed by atoms with Gasteiger partial charge in [0.25, 0.3) is 11.5 Å². The van der Waals surface area contributed by atoms with E-state index in [1.807, 2.05) is 0 Å². The molecule has 0 N–H and O–H groups in total. The molecule has 0 saturated carbocycles. The second kappa shape index (κ2) is 6.55. The standard InChI is InChI=1S/C22H26N4O2/c1-14-3-5-15(6-4-14)17-13-26(20-16-9-11-25(12-10-16)21(17)20)22(28)18-7-8-19(27)24(2)23-18/h3-8,16-17,20-21H,9-13H2,1-2H3/t17-,20-,21-/m1/s1. The van der Waals surface area contributed by atoms with Crippen LogP contribution in [0, 0.1) is 12.8 Å². The molecule has 146 valence electrons. The van der Waals surface area contributed by atoms with Crippen molar-refractivity contribution in [2.45, 2.75) is 37.8 Å². The molecule has 4 aliphatic heterocycles. The molecule has 3 atom stereocenters. The van der Waals surface area contributed by atoms with E-state index in [9.17, 15) is 9.59 Å². The number of piperidine rings is 3. The molecule has 4 saturated heterocycles. The molecule has 1 amide bonds. The van der Waals surface area contributed by atoms with Gasteiger partial charge in [-0.3, -0.25) is 14.5 Å². The van der Waals surface area contributed by atoms with E-state index in [1.54, 1.807) is 13.1 Å². The van der Waals surface area contributed by atoms with E-state index in [2.05, 4.69) is 46.1 Å². The van der Waals surface area contributed by atoms with E-state index >= 15 is 0 Å². The summed E-state index contributed by atoms with van der Waals surface area (Å²) < 4.78 is 1.24. The van der Waals surface area contributed by atoms with Crippen LogP contribution in [0.25, 0.3) is 0 Å². The van der Waals surface area contributed by atoms with Gasteiger partial charge in [0, 0.05) is 31.6 Å². The lowest BCUT2D eigenvalue weighted by Crippen LogP contribution is -2.60. The fraction of sp³-hybridized carbons (Fsp3) is 0.500. The number of carbonyl (C=O) groups excluding carboxylic acids is 1. The molecule has 2 bridgehead atoms. The fourth-order valence-corrected chi connectivity index (χ4v) is 5.52. The maximum Gasteiger partial charge on any atom is 0.274 e. The van der Waals surface area contributed by atoms with Crippen molar-refractivity contribution >= 4 is 5.91 Å². The van der Waals surface area contributed by atoms with Gasteiger partial charge < -0.3 is 4.90 Å². The highest BCUT2D eigenvalue weighted by molar-refractivity contribution is 5.92. The molecule has 1 aromatic carbocycles. The van der Waals surface area contributed by atoms with Crippen molar-refractivity contribution in [1.82, 2.24) is 19.6 Å². The van der Waals surface area contributed by atoms with Crippen LogP contribution in [0.5, 0.6) is 0 Å². The van der Waals surface area contributed by atoms with Gasteiger partial charge in [0.1, 0.15) is 5.69 Å². The maximum absolute atomic E-state index is 13.4. The highest BCUT2D eigenvalue weighted by Gasteiger charge is 2.54. The number of amides is 1. The molecule has 1 aromatic heterocycles. The maximum atomic E-state index is 13.4. The second-order valence-electron chi connectivity index (χ2n) is 8.51. The summed E-state index contributed by atoms with van der Waals surface area (Å²) in [5.74, 6) is 0.834. The topological polar surface area (TPSA) is 58.4 Å². The van der Waals surface area contributed by atoms with Crippen molar-refractivity contribution in [3.05, 3.63) is 63.6 Å². The van der Waals surface area contributed by atoms with Gasteiger partial charge in [-0.1, -0.05) is 29.8 Å². The SMILES string of the molecule is Cc1ccc([C@H]2CN(C(=O)c3ccc(=O)n(C)n3)[C@@H]3C4CCN(CC4)[C@H]23)cc1. The number of aromatic nitrogens is 2. The first-order valence-electron chi connectivity index (χ1n) is 10.2. The molecule has 0 radical (unpaired) electrons. The first-order valence-corrected chi connectivity index (χ1v) is 10.2. The van der Waals surface area contributed by atoms with E-state index in [0.29, 0.717) is 23.6 Å². The quantitative estimate of drug-likeness (QED) is 0.800. The van der Waals surface area contributed by atoms with Crippen molar-refractivity contribution < 1.29 is 4.79 Å². The number of likely N-dealkylation sites (tertiary alicyclic amines) is 1. The van der Waals surface area contributed by atoms with Crippen LogP contribution in [-0.4, -0.2) is 57.2 Å². The van der Waals surface area contributed by atoms with Crippen LogP contribution in [0.1, 0.15) is 40.4 Å². The minimum Gasteiger partial charge on any atom is -0.332 e. The minimum absolute atomic E-state index is 0.0473. The average molecular weight is 378 g/mol. The highest BCUT2D eigenvalue weighted by atomic mass is 16.2. The van der Waals surface area contributed by atoms with E-state index in [-0.39, 0.29) is 17.5 Å². The number of benzene rings is 1. The molecule has 6 heteroatoms. The predicted molar refractivity (Wildman–Crippen MR) is 106 cm³/mol. The Labute approximate surface area is 164 Å². The van der Waals surface area contributed by atoms with Gasteiger partial charge in [0.05, 0.1) is 6.04 Å². The summed E-state index contributed by atoms with van der Waals surface area (Å²) in [7, 11) is 1.59. The van der Waals surface area contributed by atoms with Gasteiger partial charge in [0.15, 0.2) is 0 Å². The van der Waals surface area contributed by atoms with Crippen LogP contribution in [-0.2, 0) is 7.05 Å². The highest BCUT2D eigenvalue weighted by Crippen LogP contribution is 2.46. The number of hydrogen-bond acceptors (Lipinski definition) is 4. The Morgan fingerprint density at radius 2 is 1.75 bits per heavy atom. The van der Waals surface area contributed by atoms with E-state index < -0.39 is 0 Å². The molecule has 5 heterocycles. The Balaban J connectivity index is 1.52. The van der Waals surface area contributed by atoms with Gasteiger partial charge in [-0.2, -0.15) is 5.10 Å². The fourth-order valence-electron chi connectivity index (χ4n) is 5.52. The van der Waals surface area contributed by atoms with Gasteiger partial charge in [-0.05, 0) is 50.4 Å². The zero-order valence-corrected chi connectivity index (χ0v) is 16.4. The molecule has 28 heavy (non-hydrogen) atoms. The molecule has 0 aliphatic carbocycles. The Morgan fingerprint density at radius 3 is 2.43 bits per heavy atom. The summed E-state index contributed by atoms with van der Waals surface area (Å²) >= 11 is 0. The molecule has 4 aliphatic rings. The van der Waals surface area contributed by atoms with E-state index in [1.165, 1.54) is 21.9 Å². The van der Waals surface area contributed by atoms with Gasteiger partial charge in [0.2, 0.25) is 0 Å². The third kappa shape index (κ3) is 2.70. The summed E-state index contributed by atoms with van der Waals surface area (Å²) in [6.07, 6.45) is 2.32. The lowest BCUT2D eigenvalue weighted by Gasteiger charge is -2.51. The van der Waals surface area contributed by atoms with Crippen molar-refractivity contribution in [2.75, 3.05) is 19.6 Å². The Hall–Kier alpha value is -2.47. The van der Waals surface area contributed by atoms with Crippen LogP contribution >= 0.6 is 0 Å². The number of hydrogen-bond donors (Lipinski definition) is 0. The molecule has 0 spiro atoms. The van der Waals surface area contributed by atoms with Crippen molar-refractivity contribution in [2.24, 2.45) is 13.0 Å². The number of rotatable bonds is 2. The monoisotopic (exact) mass is 378 g/mol. The van der Waals surface area contributed by atoms with Gasteiger partial charge in [-0.25, -0.2) is 4.68 Å². The van der Waals surface area contributed by atoms with E-state index in [4.69, 9.17) is 0 Å². The molecule has 6 nitrogen and oxygen atoms in total. The van der Waals surface area contributed by atoms with Crippen molar-refractivity contribution in [3.8, 4) is 0 Å². The lowest BCUT2D eigenvalue weighted by atomic mass is 9.75. The van der Waals surface area contributed by atoms with E-state index in [0.717, 1.165) is 32.5 Å². The molecular weight excluding hydrogens is 352 g/mol. The Kier molecular flexibility index (Phi) is 4.12. The van der Waals surface area contributed by atoms with Crippen molar-refractivity contribution in [3.63, 3.8) is 0 Å². The molecular formula is C22H26N4O2. The normalized spacial score (nSPS) is 31.1. The second-order valence-corrected chi connectivity index (χ2v) is 8.51. The number of fused-ring (bicyclic) bond motifs is 2. The number of nitrogens with zero attached hydrogens (tertiary/aromatic N) is 4. The smallest absolute Gasteiger partial charge is 0.274 e. The average Bonchev–Trinajstić information content (AvgIpc) is 3.14. The zero-order valence-electron chi connectivity index (χ0n) is 16.4. The molecule has 0 unspecified atom stereocenters. The van der Waals surface area contributed by atoms with Crippen LogP contribution < -0.4 is 5.56 Å². The first kappa shape index (κ1) is 17.6. The van der Waals surface area contributed by atoms with Gasteiger partial charge in [-0.15, -0.1) is 0 Å². The van der Waals surface area contributed by atoms with Crippen LogP contribution in [0.2, 0.25) is 0 Å². The third-order valence-corrected chi connectivity index (χ3v) is 6.94. The van der Waals surface area contributed by atoms with Gasteiger partial charge >= 0.3 is 0 Å². The summed E-state index contributed by atoms with van der Waals surface area (Å²) in [5, 5.41) is 4.23. The lowest BCUT2D eigenvalue weighted by molar-refractivity contribution is -0.00364.